The standard InChI is InChI=1S/C15H23O3.3C4H9.Sn/c1-3-4-5-6-7-8-9-11-15(12-10-13-16)18-14-17-2;3*1-3-4-2;/h3,9,11,13,15H,6-8,10,12,14H2,1-2H3;3*1,3-4H2,2H3;/b11-9+;;;;. The van der Waals surface area contributed by atoms with Gasteiger partial charge in [-0.05, 0) is 0 Å². The first kappa shape index (κ1) is 30.6. The molecule has 0 aromatic carbocycles. The molecule has 4 heteroatoms. The Hall–Kier alpha value is -0.351. The molecule has 0 spiro atoms. The Labute approximate surface area is 197 Å². The van der Waals surface area contributed by atoms with Crippen molar-refractivity contribution in [2.24, 2.45) is 0 Å². The summed E-state index contributed by atoms with van der Waals surface area (Å²) in [5.41, 5.74) is 3.79. The molecule has 0 fully saturated rings. The van der Waals surface area contributed by atoms with E-state index in [1.54, 1.807) is 10.7 Å². The summed E-state index contributed by atoms with van der Waals surface area (Å²) in [6, 6.07) is 0. The Kier molecular flexibility index (Phi) is 21.2. The third-order valence-corrected chi connectivity index (χ3v) is 22.1. The Bertz CT molecular complexity index is 499. The van der Waals surface area contributed by atoms with Crippen LogP contribution in [0.15, 0.2) is 27.5 Å². The van der Waals surface area contributed by atoms with Crippen molar-refractivity contribution < 1.29 is 14.3 Å². The van der Waals surface area contributed by atoms with Crippen LogP contribution in [-0.2, 0) is 14.3 Å². The molecular weight excluding hydrogens is 491 g/mol. The number of aldehydes is 1. The summed E-state index contributed by atoms with van der Waals surface area (Å²) in [5, 5.41) is 0. The number of carbonyl (C=O) groups excluding carboxylic acids is 1. The topological polar surface area (TPSA) is 35.5 Å². The molecule has 0 rings (SSSR count). The number of ether oxygens (including phenoxy) is 2. The molecule has 0 N–H and O–H groups in total. The molecule has 1 atom stereocenters. The van der Waals surface area contributed by atoms with E-state index in [4.69, 9.17) is 9.47 Å². The summed E-state index contributed by atoms with van der Waals surface area (Å²) in [7, 11) is 1.63. The number of carbonyl (C=O) groups is 1. The third-order valence-electron chi connectivity index (χ3n) is 6.10. The van der Waals surface area contributed by atoms with Crippen LogP contribution in [0.1, 0.15) is 98.3 Å². The molecule has 0 aliphatic carbocycles. The van der Waals surface area contributed by atoms with Crippen molar-refractivity contribution in [2.45, 2.75) is 118 Å². The number of rotatable bonds is 21. The minimum atomic E-state index is -2.37. The molecule has 31 heavy (non-hydrogen) atoms. The second kappa shape index (κ2) is 21.5. The zero-order valence-electron chi connectivity index (χ0n) is 21.2. The summed E-state index contributed by atoms with van der Waals surface area (Å²) >= 11 is -2.37. The van der Waals surface area contributed by atoms with Crippen molar-refractivity contribution >= 4 is 24.7 Å². The zero-order valence-corrected chi connectivity index (χ0v) is 24.1. The number of allylic oxidation sites excluding steroid dienone is 2. The predicted octanol–water partition coefficient (Wildman–Crippen LogP) is 8.17. The number of hydrogen-bond donors (Lipinski definition) is 0. The van der Waals surface area contributed by atoms with Gasteiger partial charge in [-0.2, -0.15) is 0 Å². The number of hydrogen-bond acceptors (Lipinski definition) is 3. The van der Waals surface area contributed by atoms with Gasteiger partial charge in [-0.1, -0.05) is 0 Å². The summed E-state index contributed by atoms with van der Waals surface area (Å²) in [6.07, 6.45) is 20.3. The Balaban J connectivity index is 5.17. The van der Waals surface area contributed by atoms with Crippen molar-refractivity contribution in [3.8, 4) is 0 Å². The van der Waals surface area contributed by atoms with E-state index in [2.05, 4.69) is 51.7 Å². The molecule has 0 amide bonds. The van der Waals surface area contributed by atoms with Gasteiger partial charge in [0.2, 0.25) is 0 Å². The van der Waals surface area contributed by atoms with Gasteiger partial charge in [-0.25, -0.2) is 0 Å². The summed E-state index contributed by atoms with van der Waals surface area (Å²) in [6.45, 7) is 9.43. The van der Waals surface area contributed by atoms with Crippen LogP contribution < -0.4 is 0 Å². The average molecular weight is 541 g/mol. The van der Waals surface area contributed by atoms with Crippen molar-refractivity contribution in [1.29, 1.82) is 0 Å². The molecule has 0 aliphatic heterocycles. The maximum absolute atomic E-state index is 10.7. The van der Waals surface area contributed by atoms with Gasteiger partial charge in [0.25, 0.3) is 0 Å². The first-order valence-electron chi connectivity index (χ1n) is 12.7. The second-order valence-electron chi connectivity index (χ2n) is 8.68. The molecule has 0 saturated carbocycles. The zero-order chi connectivity index (χ0) is 23.2. The SMILES string of the molecule is CC=C=[C](CCC/C=C/C(CCC=O)OCOC)[Sn]([CH2]CCC)([CH2]CCC)[CH2]CCC. The van der Waals surface area contributed by atoms with Gasteiger partial charge in [-0.3, -0.25) is 0 Å². The molecule has 0 radical (unpaired) electrons. The molecule has 0 aromatic heterocycles. The predicted molar refractivity (Wildman–Crippen MR) is 137 cm³/mol. The van der Waals surface area contributed by atoms with Crippen molar-refractivity contribution in [3.63, 3.8) is 0 Å². The van der Waals surface area contributed by atoms with Crippen LogP contribution in [0.4, 0.5) is 0 Å². The molecule has 0 aromatic rings. The number of unbranched alkanes of at least 4 members (excludes halogenated alkanes) is 4. The first-order valence-corrected chi connectivity index (χ1v) is 20.2. The van der Waals surface area contributed by atoms with Crippen LogP contribution in [0.25, 0.3) is 0 Å². The quantitative estimate of drug-likeness (QED) is 0.0367. The first-order chi connectivity index (χ1) is 15.1. The van der Waals surface area contributed by atoms with E-state index in [-0.39, 0.29) is 12.9 Å². The molecule has 3 nitrogen and oxygen atoms in total. The van der Waals surface area contributed by atoms with Gasteiger partial charge in [-0.15, -0.1) is 0 Å². The maximum atomic E-state index is 10.7. The Morgan fingerprint density at radius 2 is 1.58 bits per heavy atom. The van der Waals surface area contributed by atoms with Crippen LogP contribution in [0.2, 0.25) is 13.3 Å². The minimum absolute atomic E-state index is 0.0346. The summed E-state index contributed by atoms with van der Waals surface area (Å²) in [4.78, 5) is 10.7. The van der Waals surface area contributed by atoms with Crippen LogP contribution in [-0.4, -0.2) is 44.7 Å². The van der Waals surface area contributed by atoms with Gasteiger partial charge in [0.15, 0.2) is 0 Å². The molecule has 0 aliphatic rings. The van der Waals surface area contributed by atoms with E-state index >= 15 is 0 Å². The fourth-order valence-corrected chi connectivity index (χ4v) is 21.2. The monoisotopic (exact) mass is 542 g/mol. The Morgan fingerprint density at radius 1 is 0.968 bits per heavy atom. The van der Waals surface area contributed by atoms with Crippen molar-refractivity contribution in [1.82, 2.24) is 0 Å². The van der Waals surface area contributed by atoms with E-state index in [0.29, 0.717) is 6.42 Å². The summed E-state index contributed by atoms with van der Waals surface area (Å²) < 4.78 is 17.0. The van der Waals surface area contributed by atoms with E-state index < -0.39 is 18.4 Å². The van der Waals surface area contributed by atoms with Gasteiger partial charge in [0.1, 0.15) is 0 Å². The molecule has 180 valence electrons. The van der Waals surface area contributed by atoms with Gasteiger partial charge < -0.3 is 0 Å². The van der Waals surface area contributed by atoms with Crippen LogP contribution >= 0.6 is 0 Å². The summed E-state index contributed by atoms with van der Waals surface area (Å²) in [5.74, 6) is 0. The van der Waals surface area contributed by atoms with Crippen LogP contribution in [0.3, 0.4) is 0 Å². The molecule has 0 saturated heterocycles. The van der Waals surface area contributed by atoms with E-state index in [9.17, 15) is 4.79 Å². The van der Waals surface area contributed by atoms with Gasteiger partial charge >= 0.3 is 198 Å². The van der Waals surface area contributed by atoms with Gasteiger partial charge in [0, 0.05) is 0 Å². The molecule has 0 bridgehead atoms. The van der Waals surface area contributed by atoms with E-state index in [1.807, 2.05) is 0 Å². The fourth-order valence-electron chi connectivity index (χ4n) is 4.31. The molecule has 1 unspecified atom stereocenters. The van der Waals surface area contributed by atoms with E-state index in [0.717, 1.165) is 19.1 Å². The van der Waals surface area contributed by atoms with Crippen molar-refractivity contribution in [3.05, 3.63) is 27.5 Å². The fraction of sp³-hybridized carbons (Fsp3) is 0.778. The normalized spacial score (nSPS) is 12.7. The average Bonchev–Trinajstić information content (AvgIpc) is 2.79. The van der Waals surface area contributed by atoms with Crippen molar-refractivity contribution in [2.75, 3.05) is 13.9 Å². The molecule has 0 heterocycles. The molecular formula is C27H50O3Sn. The Morgan fingerprint density at radius 3 is 2.06 bits per heavy atom. The second-order valence-corrected chi connectivity index (χ2v) is 22.0. The third kappa shape index (κ3) is 14.4. The number of methoxy groups -OCH3 is 1. The van der Waals surface area contributed by atoms with E-state index in [1.165, 1.54) is 64.7 Å². The van der Waals surface area contributed by atoms with Crippen LogP contribution in [0.5, 0.6) is 0 Å². The van der Waals surface area contributed by atoms with Crippen LogP contribution in [0, 0.1) is 0 Å². The van der Waals surface area contributed by atoms with Gasteiger partial charge in [0.05, 0.1) is 0 Å².